The fourth-order valence-electron chi connectivity index (χ4n) is 5.87. The Kier molecular flexibility index (Phi) is 4.70. The standard InChI is InChI=1S/C21H29N3O6/c1-12-3-4-17-21(9-12)5-6-24(10-13-7-14(25)8-16(29-17)18(13)21)30-20(27)22-15-11-28-23(2)19(15)26/h5-6,12-15,17,25H,3-4,7-11H2,1-2H3,(H,22,27)/t12?,13-,14-,15-,17-,21?/m1/s1. The molecule has 2 amide bonds. The summed E-state index contributed by atoms with van der Waals surface area (Å²) < 4.78 is 6.35. The second-order valence-corrected chi connectivity index (χ2v) is 9.28. The lowest BCUT2D eigenvalue weighted by Crippen LogP contribution is -2.44. The zero-order valence-electron chi connectivity index (χ0n) is 17.4. The number of carbonyl (C=O) groups excluding carboxylic acids is 2. The average molecular weight is 419 g/mol. The van der Waals surface area contributed by atoms with Crippen molar-refractivity contribution in [1.29, 1.82) is 0 Å². The van der Waals surface area contributed by atoms with Crippen LogP contribution in [-0.4, -0.2) is 65.7 Å². The number of likely N-dealkylation sites (N-methyl/N-ethyl adjacent to an activating group) is 1. The molecule has 5 rings (SSSR count). The van der Waals surface area contributed by atoms with Crippen LogP contribution in [0, 0.1) is 17.3 Å². The summed E-state index contributed by atoms with van der Waals surface area (Å²) in [6.45, 7) is 2.81. The van der Waals surface area contributed by atoms with Crippen molar-refractivity contribution in [1.82, 2.24) is 15.4 Å². The molecule has 2 fully saturated rings. The fourth-order valence-corrected chi connectivity index (χ4v) is 5.87. The molecule has 0 radical (unpaired) electrons. The van der Waals surface area contributed by atoms with Crippen molar-refractivity contribution < 1.29 is 29.1 Å². The van der Waals surface area contributed by atoms with E-state index in [4.69, 9.17) is 14.4 Å². The first kappa shape index (κ1) is 19.7. The third-order valence-electron chi connectivity index (χ3n) is 7.13. The Morgan fingerprint density at radius 3 is 3.00 bits per heavy atom. The molecule has 5 aliphatic rings. The summed E-state index contributed by atoms with van der Waals surface area (Å²) in [4.78, 5) is 35.0. The maximum Gasteiger partial charge on any atom is 0.432 e. The van der Waals surface area contributed by atoms with Crippen molar-refractivity contribution in [2.24, 2.45) is 17.3 Å². The predicted octanol–water partition coefficient (Wildman–Crippen LogP) is 1.46. The second kappa shape index (κ2) is 7.16. The van der Waals surface area contributed by atoms with Crippen molar-refractivity contribution in [3.8, 4) is 0 Å². The lowest BCUT2D eigenvalue weighted by atomic mass is 9.61. The van der Waals surface area contributed by atoms with Crippen LogP contribution < -0.4 is 5.32 Å². The third kappa shape index (κ3) is 3.15. The number of nitrogens with zero attached hydrogens (tertiary/aromatic N) is 2. The quantitative estimate of drug-likeness (QED) is 0.699. The van der Waals surface area contributed by atoms with Crippen LogP contribution in [0.1, 0.15) is 39.0 Å². The minimum atomic E-state index is -0.751. The van der Waals surface area contributed by atoms with Crippen LogP contribution in [0.15, 0.2) is 23.6 Å². The van der Waals surface area contributed by atoms with E-state index in [2.05, 4.69) is 18.3 Å². The highest BCUT2D eigenvalue weighted by Gasteiger charge is 2.56. The zero-order chi connectivity index (χ0) is 21.0. The van der Waals surface area contributed by atoms with E-state index in [1.165, 1.54) is 17.7 Å². The molecule has 164 valence electrons. The average Bonchev–Trinajstić information content (AvgIpc) is 3.11. The minimum Gasteiger partial charge on any atom is -0.493 e. The van der Waals surface area contributed by atoms with Crippen LogP contribution in [0.25, 0.3) is 0 Å². The van der Waals surface area contributed by atoms with Gasteiger partial charge in [0.1, 0.15) is 18.8 Å². The van der Waals surface area contributed by atoms with Gasteiger partial charge in [-0.1, -0.05) is 13.0 Å². The molecule has 6 atom stereocenters. The van der Waals surface area contributed by atoms with E-state index in [1.54, 1.807) is 0 Å². The first-order valence-electron chi connectivity index (χ1n) is 10.8. The van der Waals surface area contributed by atoms with E-state index >= 15 is 0 Å². The summed E-state index contributed by atoms with van der Waals surface area (Å²) in [6.07, 6.45) is 7.19. The summed E-state index contributed by atoms with van der Waals surface area (Å²) in [5.74, 6) is 1.25. The fraction of sp³-hybridized carbons (Fsp3) is 0.714. The maximum atomic E-state index is 12.4. The van der Waals surface area contributed by atoms with Gasteiger partial charge in [0.15, 0.2) is 0 Å². The van der Waals surface area contributed by atoms with Gasteiger partial charge in [0.25, 0.3) is 5.91 Å². The van der Waals surface area contributed by atoms with Crippen molar-refractivity contribution in [2.45, 2.75) is 57.3 Å². The Bertz CT molecular complexity index is 813. The predicted molar refractivity (Wildman–Crippen MR) is 104 cm³/mol. The van der Waals surface area contributed by atoms with Gasteiger partial charge in [0.05, 0.1) is 23.8 Å². The smallest absolute Gasteiger partial charge is 0.432 e. The Morgan fingerprint density at radius 1 is 1.40 bits per heavy atom. The van der Waals surface area contributed by atoms with E-state index in [0.29, 0.717) is 25.3 Å². The van der Waals surface area contributed by atoms with E-state index in [-0.39, 0.29) is 30.0 Å². The Balaban J connectivity index is 1.36. The summed E-state index contributed by atoms with van der Waals surface area (Å²) >= 11 is 0. The number of aliphatic hydroxyl groups excluding tert-OH is 1. The first-order valence-corrected chi connectivity index (χ1v) is 10.8. The molecule has 0 bridgehead atoms. The van der Waals surface area contributed by atoms with Crippen LogP contribution in [-0.2, 0) is 19.2 Å². The van der Waals surface area contributed by atoms with Crippen LogP contribution in [0.3, 0.4) is 0 Å². The Morgan fingerprint density at radius 2 is 2.23 bits per heavy atom. The van der Waals surface area contributed by atoms with Gasteiger partial charge in [-0.2, -0.15) is 0 Å². The van der Waals surface area contributed by atoms with Gasteiger partial charge in [-0.25, -0.2) is 14.9 Å². The molecule has 0 aromatic rings. The van der Waals surface area contributed by atoms with Gasteiger partial charge in [-0.05, 0) is 37.2 Å². The highest BCUT2D eigenvalue weighted by atomic mass is 16.7. The molecular formula is C21H29N3O6. The monoisotopic (exact) mass is 419 g/mol. The molecule has 9 heteroatoms. The number of ether oxygens (including phenoxy) is 1. The number of aliphatic hydroxyl groups is 1. The second-order valence-electron chi connectivity index (χ2n) is 9.28. The number of rotatable bonds is 2. The van der Waals surface area contributed by atoms with Crippen LogP contribution in [0.2, 0.25) is 0 Å². The highest BCUT2D eigenvalue weighted by Crippen LogP contribution is 2.59. The molecule has 2 aliphatic carbocycles. The summed E-state index contributed by atoms with van der Waals surface area (Å²) in [5, 5.41) is 15.6. The van der Waals surface area contributed by atoms with Gasteiger partial charge in [0, 0.05) is 25.6 Å². The van der Waals surface area contributed by atoms with Crippen molar-refractivity contribution >= 4 is 12.0 Å². The molecule has 0 aromatic carbocycles. The van der Waals surface area contributed by atoms with E-state index in [9.17, 15) is 14.7 Å². The van der Waals surface area contributed by atoms with Crippen LogP contribution in [0.5, 0.6) is 0 Å². The Labute approximate surface area is 175 Å². The van der Waals surface area contributed by atoms with Gasteiger partial charge in [-0.15, -0.1) is 0 Å². The van der Waals surface area contributed by atoms with Crippen LogP contribution >= 0.6 is 0 Å². The molecule has 1 saturated heterocycles. The molecule has 2 unspecified atom stereocenters. The van der Waals surface area contributed by atoms with Crippen molar-refractivity contribution in [3.05, 3.63) is 23.6 Å². The SMILES string of the molecule is CC1CC[C@H]2OC3=C4[C@H](C[C@@H](O)C3)CN(OC(=O)N[C@@H]3CON(C)C3=O)C=CC42C1. The Hall–Kier alpha value is -2.26. The van der Waals surface area contributed by atoms with Crippen molar-refractivity contribution in [3.63, 3.8) is 0 Å². The molecule has 9 nitrogen and oxygen atoms in total. The largest absolute Gasteiger partial charge is 0.493 e. The normalized spacial score (nSPS) is 40.0. The molecule has 3 heterocycles. The molecule has 2 N–H and O–H groups in total. The number of hydrogen-bond donors (Lipinski definition) is 2. The van der Waals surface area contributed by atoms with E-state index in [0.717, 1.165) is 30.1 Å². The van der Waals surface area contributed by atoms with Crippen molar-refractivity contribution in [2.75, 3.05) is 20.2 Å². The molecule has 0 aromatic heterocycles. The number of nitrogens with one attached hydrogen (secondary N) is 1. The van der Waals surface area contributed by atoms with Gasteiger partial charge in [-0.3, -0.25) is 9.63 Å². The molecule has 1 spiro atoms. The molecular weight excluding hydrogens is 390 g/mol. The highest BCUT2D eigenvalue weighted by molar-refractivity contribution is 5.86. The zero-order valence-corrected chi connectivity index (χ0v) is 17.4. The summed E-state index contributed by atoms with van der Waals surface area (Å²) in [6, 6.07) is -0.751. The topological polar surface area (TPSA) is 101 Å². The van der Waals surface area contributed by atoms with Gasteiger partial charge < -0.3 is 20.0 Å². The summed E-state index contributed by atoms with van der Waals surface area (Å²) in [5.41, 5.74) is 1.10. The number of hydrogen-bond acceptors (Lipinski definition) is 7. The molecule has 3 aliphatic heterocycles. The van der Waals surface area contributed by atoms with E-state index < -0.39 is 18.2 Å². The maximum absolute atomic E-state index is 12.4. The lowest BCUT2D eigenvalue weighted by molar-refractivity contribution is -0.154. The van der Waals surface area contributed by atoms with Gasteiger partial charge >= 0.3 is 6.09 Å². The third-order valence-corrected chi connectivity index (χ3v) is 7.13. The minimum absolute atomic E-state index is 0.0458. The van der Waals surface area contributed by atoms with Crippen LogP contribution in [0.4, 0.5) is 4.79 Å². The van der Waals surface area contributed by atoms with Gasteiger partial charge in [0.2, 0.25) is 0 Å². The lowest BCUT2D eigenvalue weighted by Gasteiger charge is -2.41. The number of amides is 2. The molecule has 1 saturated carbocycles. The first-order chi connectivity index (χ1) is 14.4. The van der Waals surface area contributed by atoms with E-state index in [1.807, 2.05) is 6.20 Å². The molecule has 30 heavy (non-hydrogen) atoms. The summed E-state index contributed by atoms with van der Waals surface area (Å²) in [7, 11) is 1.51. The number of carbonyl (C=O) groups is 2. The number of hydroxylamine groups is 4.